The molecule has 1 aromatic rings. The Hall–Kier alpha value is -1.35. The Labute approximate surface area is 93.9 Å². The Morgan fingerprint density at radius 2 is 2.33 bits per heavy atom. The quantitative estimate of drug-likeness (QED) is 0.806. The van der Waals surface area contributed by atoms with Gasteiger partial charge in [0.1, 0.15) is 5.75 Å². The van der Waals surface area contributed by atoms with Gasteiger partial charge in [0.25, 0.3) is 0 Å². The van der Waals surface area contributed by atoms with E-state index in [0.717, 1.165) is 17.9 Å². The average molecular weight is 225 g/mol. The highest BCUT2D eigenvalue weighted by Crippen LogP contribution is 2.29. The van der Waals surface area contributed by atoms with Gasteiger partial charge in [-0.2, -0.15) is 0 Å². The number of halogens is 1. The maximum absolute atomic E-state index is 6.05. The van der Waals surface area contributed by atoms with Gasteiger partial charge in [-0.25, -0.2) is 0 Å². The second-order valence-electron chi connectivity index (χ2n) is 3.50. The number of methoxy groups -OCH3 is 1. The minimum Gasteiger partial charge on any atom is -0.495 e. The summed E-state index contributed by atoms with van der Waals surface area (Å²) in [7, 11) is 1.61. The van der Waals surface area contributed by atoms with Crippen LogP contribution in [0.25, 0.3) is 0 Å². The van der Waals surface area contributed by atoms with Crippen LogP contribution < -0.4 is 15.8 Å². The monoisotopic (exact) mass is 224 g/mol. The van der Waals surface area contributed by atoms with E-state index in [1.54, 1.807) is 7.11 Å². The van der Waals surface area contributed by atoms with Gasteiger partial charge >= 0.3 is 0 Å². The third kappa shape index (κ3) is 2.02. The topological polar surface area (TPSA) is 47.3 Å². The third-order valence-corrected chi connectivity index (χ3v) is 2.81. The molecule has 1 atom stereocenters. The van der Waals surface area contributed by atoms with Gasteiger partial charge in [-0.05, 0) is 23.8 Å². The van der Waals surface area contributed by atoms with E-state index in [4.69, 9.17) is 22.1 Å². The van der Waals surface area contributed by atoms with Crippen molar-refractivity contribution in [3.8, 4) is 5.75 Å². The van der Waals surface area contributed by atoms with E-state index in [1.807, 2.05) is 24.3 Å². The first-order chi connectivity index (χ1) is 7.20. The third-order valence-electron chi connectivity index (χ3n) is 2.51. The van der Waals surface area contributed by atoms with Gasteiger partial charge in [-0.3, -0.25) is 0 Å². The van der Waals surface area contributed by atoms with Crippen LogP contribution >= 0.6 is 11.6 Å². The van der Waals surface area contributed by atoms with Crippen LogP contribution in [0.3, 0.4) is 0 Å². The van der Waals surface area contributed by atoms with Crippen LogP contribution in [-0.2, 0) is 0 Å². The van der Waals surface area contributed by atoms with Gasteiger partial charge in [0.2, 0.25) is 0 Å². The van der Waals surface area contributed by atoms with Crippen molar-refractivity contribution in [2.24, 2.45) is 5.73 Å². The molecule has 0 fully saturated rings. The fourth-order valence-corrected chi connectivity index (χ4v) is 1.96. The van der Waals surface area contributed by atoms with E-state index in [9.17, 15) is 0 Å². The summed E-state index contributed by atoms with van der Waals surface area (Å²) in [5, 5.41) is 3.71. The molecule has 1 aliphatic heterocycles. The summed E-state index contributed by atoms with van der Waals surface area (Å²) in [5.74, 6) is 1.73. The molecule has 0 amide bonds. The van der Waals surface area contributed by atoms with E-state index in [2.05, 4.69) is 5.32 Å². The van der Waals surface area contributed by atoms with Gasteiger partial charge in [-0.15, -0.1) is 0 Å². The molecule has 0 saturated heterocycles. The van der Waals surface area contributed by atoms with Crippen molar-refractivity contribution in [3.05, 3.63) is 40.7 Å². The molecule has 15 heavy (non-hydrogen) atoms. The first-order valence-electron chi connectivity index (χ1n) is 4.75. The molecule has 3 N–H and O–H groups in total. The van der Waals surface area contributed by atoms with Gasteiger partial charge in [0, 0.05) is 12.5 Å². The number of hydrogen-bond acceptors (Lipinski definition) is 3. The highest BCUT2D eigenvalue weighted by atomic mass is 35.5. The SMILES string of the molecule is COc1ccc([C@@H]2C=C(N)NC2)cc1Cl. The lowest BCUT2D eigenvalue weighted by Gasteiger charge is -2.09. The maximum atomic E-state index is 6.05. The number of rotatable bonds is 2. The molecule has 4 heteroatoms. The second kappa shape index (κ2) is 4.03. The predicted molar refractivity (Wildman–Crippen MR) is 61.0 cm³/mol. The number of nitrogens with one attached hydrogen (secondary N) is 1. The smallest absolute Gasteiger partial charge is 0.137 e. The van der Waals surface area contributed by atoms with E-state index >= 15 is 0 Å². The van der Waals surface area contributed by atoms with E-state index in [1.165, 1.54) is 0 Å². The molecule has 0 spiro atoms. The molecule has 0 radical (unpaired) electrons. The number of hydrogen-bond donors (Lipinski definition) is 2. The van der Waals surface area contributed by atoms with Crippen LogP contribution in [0.2, 0.25) is 5.02 Å². The molecule has 0 saturated carbocycles. The number of benzene rings is 1. The minimum atomic E-state index is 0.299. The predicted octanol–water partition coefficient (Wildman–Crippen LogP) is 1.84. The van der Waals surface area contributed by atoms with Crippen molar-refractivity contribution in [3.63, 3.8) is 0 Å². The van der Waals surface area contributed by atoms with Crippen molar-refractivity contribution >= 4 is 11.6 Å². The Morgan fingerprint density at radius 3 is 2.87 bits per heavy atom. The summed E-state index contributed by atoms with van der Waals surface area (Å²) in [6.45, 7) is 0.828. The van der Waals surface area contributed by atoms with Gasteiger partial charge in [-0.1, -0.05) is 17.7 Å². The van der Waals surface area contributed by atoms with Crippen molar-refractivity contribution in [2.75, 3.05) is 13.7 Å². The van der Waals surface area contributed by atoms with Crippen molar-refractivity contribution in [2.45, 2.75) is 5.92 Å². The molecule has 0 aliphatic carbocycles. The van der Waals surface area contributed by atoms with E-state index in [-0.39, 0.29) is 0 Å². The minimum absolute atomic E-state index is 0.299. The normalized spacial score (nSPS) is 19.6. The van der Waals surface area contributed by atoms with Crippen molar-refractivity contribution in [1.82, 2.24) is 5.32 Å². The molecule has 1 aliphatic rings. The van der Waals surface area contributed by atoms with Crippen LogP contribution in [0.15, 0.2) is 30.1 Å². The van der Waals surface area contributed by atoms with Crippen molar-refractivity contribution in [1.29, 1.82) is 0 Å². The average Bonchev–Trinajstić information content (AvgIpc) is 2.65. The highest BCUT2D eigenvalue weighted by Gasteiger charge is 2.16. The zero-order valence-electron chi connectivity index (χ0n) is 8.46. The fraction of sp³-hybridized carbons (Fsp3) is 0.273. The zero-order chi connectivity index (χ0) is 10.8. The molecule has 1 aromatic carbocycles. The molecule has 80 valence electrons. The second-order valence-corrected chi connectivity index (χ2v) is 3.91. The van der Waals surface area contributed by atoms with Crippen LogP contribution in [0, 0.1) is 0 Å². The molecule has 1 heterocycles. The van der Waals surface area contributed by atoms with Gasteiger partial charge in [0.15, 0.2) is 0 Å². The van der Waals surface area contributed by atoms with E-state index < -0.39 is 0 Å². The Balaban J connectivity index is 2.27. The molecule has 0 unspecified atom stereocenters. The molecule has 2 rings (SSSR count). The summed E-state index contributed by atoms with van der Waals surface area (Å²) >= 11 is 6.05. The summed E-state index contributed by atoms with van der Waals surface area (Å²) < 4.78 is 5.10. The largest absolute Gasteiger partial charge is 0.495 e. The number of nitrogens with two attached hydrogens (primary N) is 1. The maximum Gasteiger partial charge on any atom is 0.137 e. The van der Waals surface area contributed by atoms with Crippen LogP contribution in [0.4, 0.5) is 0 Å². The van der Waals surface area contributed by atoms with E-state index in [0.29, 0.717) is 16.7 Å². The first-order valence-corrected chi connectivity index (χ1v) is 5.13. The fourth-order valence-electron chi connectivity index (χ4n) is 1.69. The standard InChI is InChI=1S/C11H13ClN2O/c1-15-10-3-2-7(4-9(10)12)8-5-11(13)14-6-8/h2-5,8,14H,6,13H2,1H3/t8-/m1/s1. The highest BCUT2D eigenvalue weighted by molar-refractivity contribution is 6.32. The van der Waals surface area contributed by atoms with Gasteiger partial charge in [0.05, 0.1) is 18.0 Å². The molecular formula is C11H13ClN2O. The van der Waals surface area contributed by atoms with Crippen LogP contribution in [0.1, 0.15) is 11.5 Å². The van der Waals surface area contributed by atoms with Gasteiger partial charge < -0.3 is 15.8 Å². The zero-order valence-corrected chi connectivity index (χ0v) is 9.21. The summed E-state index contributed by atoms with van der Waals surface area (Å²) in [6.07, 6.45) is 2.00. The number of ether oxygens (including phenoxy) is 1. The van der Waals surface area contributed by atoms with Crippen LogP contribution in [0.5, 0.6) is 5.75 Å². The molecule has 0 bridgehead atoms. The van der Waals surface area contributed by atoms with Crippen LogP contribution in [-0.4, -0.2) is 13.7 Å². The molecular weight excluding hydrogens is 212 g/mol. The summed E-state index contributed by atoms with van der Waals surface area (Å²) in [5.41, 5.74) is 6.80. The Kier molecular flexibility index (Phi) is 2.73. The lowest BCUT2D eigenvalue weighted by atomic mass is 10.0. The Morgan fingerprint density at radius 1 is 1.53 bits per heavy atom. The summed E-state index contributed by atoms with van der Waals surface area (Å²) in [4.78, 5) is 0. The lowest BCUT2D eigenvalue weighted by Crippen LogP contribution is -2.15. The molecule has 3 nitrogen and oxygen atoms in total. The van der Waals surface area contributed by atoms with Crippen molar-refractivity contribution < 1.29 is 4.74 Å². The lowest BCUT2D eigenvalue weighted by molar-refractivity contribution is 0.415. The molecule has 0 aromatic heterocycles. The first kappa shape index (κ1) is 10.2. The Bertz CT molecular complexity index is 404. The summed E-state index contributed by atoms with van der Waals surface area (Å²) in [6, 6.07) is 5.80.